The standard InChI is InChI=1S/C12H21N3O3S2.HI/c1-12(2,3)15-11(13)14-7-9(16)8-20(17,18)10-5-4-6-19-10;/h4-6,9,16H,7-8H2,1-3H3,(H3,13,14,15);1H. The Balaban J connectivity index is 0.00000400. The Kier molecular flexibility index (Phi) is 8.14. The molecule has 1 aromatic rings. The van der Waals surface area contributed by atoms with Gasteiger partial charge in [0.1, 0.15) is 4.21 Å². The van der Waals surface area contributed by atoms with E-state index < -0.39 is 15.9 Å². The van der Waals surface area contributed by atoms with Gasteiger partial charge in [-0.25, -0.2) is 8.42 Å². The van der Waals surface area contributed by atoms with E-state index in [1.807, 2.05) is 20.8 Å². The van der Waals surface area contributed by atoms with E-state index >= 15 is 0 Å². The molecule has 1 atom stereocenters. The Bertz CT molecular complexity index is 551. The fourth-order valence-corrected chi connectivity index (χ4v) is 3.92. The molecule has 122 valence electrons. The highest BCUT2D eigenvalue weighted by atomic mass is 127. The number of nitrogens with one attached hydrogen (secondary N) is 1. The van der Waals surface area contributed by atoms with Crippen LogP contribution in [0.2, 0.25) is 0 Å². The van der Waals surface area contributed by atoms with Crippen molar-refractivity contribution < 1.29 is 13.5 Å². The van der Waals surface area contributed by atoms with E-state index in [4.69, 9.17) is 5.73 Å². The Hall–Kier alpha value is -0.390. The fraction of sp³-hybridized carbons (Fsp3) is 0.583. The number of nitrogens with two attached hydrogens (primary N) is 1. The minimum atomic E-state index is -3.46. The molecule has 4 N–H and O–H groups in total. The number of sulfone groups is 1. The monoisotopic (exact) mass is 447 g/mol. The van der Waals surface area contributed by atoms with Gasteiger partial charge in [-0.05, 0) is 32.2 Å². The van der Waals surface area contributed by atoms with Crippen LogP contribution in [-0.2, 0) is 9.84 Å². The van der Waals surface area contributed by atoms with Gasteiger partial charge in [0, 0.05) is 5.54 Å². The van der Waals surface area contributed by atoms with E-state index in [0.29, 0.717) is 0 Å². The Labute approximate surface area is 146 Å². The average molecular weight is 447 g/mol. The van der Waals surface area contributed by atoms with Crippen molar-refractivity contribution in [2.45, 2.75) is 36.6 Å². The molecule has 0 aliphatic rings. The molecule has 0 saturated heterocycles. The maximum atomic E-state index is 11.9. The third-order valence-electron chi connectivity index (χ3n) is 2.19. The first-order chi connectivity index (χ1) is 9.10. The molecule has 0 spiro atoms. The molecule has 0 saturated carbocycles. The van der Waals surface area contributed by atoms with Gasteiger partial charge in [0.25, 0.3) is 0 Å². The van der Waals surface area contributed by atoms with Crippen LogP contribution < -0.4 is 11.1 Å². The summed E-state index contributed by atoms with van der Waals surface area (Å²) in [5.74, 6) is -0.176. The molecular weight excluding hydrogens is 425 g/mol. The quantitative estimate of drug-likeness (QED) is 0.358. The van der Waals surface area contributed by atoms with E-state index in [0.717, 1.165) is 11.3 Å². The molecule has 0 aromatic carbocycles. The molecule has 9 heteroatoms. The van der Waals surface area contributed by atoms with E-state index in [1.165, 1.54) is 6.07 Å². The van der Waals surface area contributed by atoms with E-state index in [9.17, 15) is 13.5 Å². The van der Waals surface area contributed by atoms with E-state index in [2.05, 4.69) is 10.3 Å². The summed E-state index contributed by atoms with van der Waals surface area (Å²) in [6.07, 6.45) is -1.08. The van der Waals surface area contributed by atoms with Crippen molar-refractivity contribution in [3.05, 3.63) is 17.5 Å². The number of hydrogen-bond acceptors (Lipinski definition) is 5. The van der Waals surface area contributed by atoms with Crippen LogP contribution in [0.3, 0.4) is 0 Å². The molecule has 1 aromatic heterocycles. The van der Waals surface area contributed by atoms with Gasteiger partial charge >= 0.3 is 0 Å². The van der Waals surface area contributed by atoms with Crippen molar-refractivity contribution >= 4 is 51.1 Å². The number of rotatable bonds is 5. The molecule has 6 nitrogen and oxygen atoms in total. The number of aliphatic hydroxyl groups is 1. The van der Waals surface area contributed by atoms with Gasteiger partial charge in [0.2, 0.25) is 0 Å². The first kappa shape index (κ1) is 20.6. The number of hydrogen-bond donors (Lipinski definition) is 3. The van der Waals surface area contributed by atoms with Crippen molar-refractivity contribution in [2.24, 2.45) is 10.7 Å². The zero-order valence-corrected chi connectivity index (χ0v) is 16.2. The second-order valence-electron chi connectivity index (χ2n) is 5.47. The largest absolute Gasteiger partial charge is 0.390 e. The first-order valence-electron chi connectivity index (χ1n) is 6.12. The number of guanidine groups is 1. The van der Waals surface area contributed by atoms with Crippen LogP contribution in [0.4, 0.5) is 0 Å². The van der Waals surface area contributed by atoms with Crippen LogP contribution in [0, 0.1) is 0 Å². The molecule has 1 rings (SSSR count). The summed E-state index contributed by atoms with van der Waals surface area (Å²) in [6.45, 7) is 5.71. The van der Waals surface area contributed by atoms with Crippen molar-refractivity contribution in [1.82, 2.24) is 5.32 Å². The van der Waals surface area contributed by atoms with Crippen molar-refractivity contribution in [1.29, 1.82) is 0 Å². The highest BCUT2D eigenvalue weighted by Crippen LogP contribution is 2.18. The van der Waals surface area contributed by atoms with Gasteiger partial charge in [-0.3, -0.25) is 4.99 Å². The maximum absolute atomic E-state index is 11.9. The summed E-state index contributed by atoms with van der Waals surface area (Å²) in [4.78, 5) is 3.95. The number of halogens is 1. The molecule has 0 amide bonds. The molecule has 0 bridgehead atoms. The lowest BCUT2D eigenvalue weighted by Gasteiger charge is -2.21. The van der Waals surface area contributed by atoms with Crippen LogP contribution in [0.25, 0.3) is 0 Å². The Morgan fingerprint density at radius 1 is 1.52 bits per heavy atom. The molecule has 1 unspecified atom stereocenters. The minimum Gasteiger partial charge on any atom is -0.390 e. The molecule has 21 heavy (non-hydrogen) atoms. The predicted molar refractivity (Wildman–Crippen MR) is 97.2 cm³/mol. The number of thiophene rings is 1. The lowest BCUT2D eigenvalue weighted by atomic mass is 10.1. The number of nitrogens with zero attached hydrogens (tertiary/aromatic N) is 1. The van der Waals surface area contributed by atoms with Crippen LogP contribution in [0.15, 0.2) is 26.7 Å². The zero-order valence-electron chi connectivity index (χ0n) is 12.2. The average Bonchev–Trinajstić information content (AvgIpc) is 2.77. The summed E-state index contributed by atoms with van der Waals surface area (Å²) in [7, 11) is -3.46. The zero-order chi connectivity index (χ0) is 15.4. The molecular formula is C12H22IN3O3S2. The summed E-state index contributed by atoms with van der Waals surface area (Å²) < 4.78 is 24.1. The van der Waals surface area contributed by atoms with Gasteiger partial charge in [0.05, 0.1) is 18.4 Å². The SMILES string of the molecule is CC(C)(C)NC(N)=NCC(O)CS(=O)(=O)c1cccs1.I. The normalized spacial score (nSPS) is 14.4. The first-order valence-corrected chi connectivity index (χ1v) is 8.66. The number of aliphatic imine (C=N–C) groups is 1. The van der Waals surface area contributed by atoms with Gasteiger partial charge in [-0.15, -0.1) is 35.3 Å². The summed E-state index contributed by atoms with van der Waals surface area (Å²) in [5, 5.41) is 14.4. The summed E-state index contributed by atoms with van der Waals surface area (Å²) in [5.41, 5.74) is 5.41. The van der Waals surface area contributed by atoms with Crippen molar-refractivity contribution in [2.75, 3.05) is 12.3 Å². The van der Waals surface area contributed by atoms with Crippen molar-refractivity contribution in [3.63, 3.8) is 0 Å². The second kappa shape index (κ2) is 8.30. The third kappa shape index (κ3) is 7.98. The second-order valence-corrected chi connectivity index (χ2v) is 8.68. The molecule has 1 heterocycles. The highest BCUT2D eigenvalue weighted by molar-refractivity contribution is 14.0. The van der Waals surface area contributed by atoms with E-state index in [1.54, 1.807) is 11.4 Å². The highest BCUT2D eigenvalue weighted by Gasteiger charge is 2.20. The summed E-state index contributed by atoms with van der Waals surface area (Å²) >= 11 is 1.13. The fourth-order valence-electron chi connectivity index (χ4n) is 1.46. The molecule has 0 aliphatic heterocycles. The smallest absolute Gasteiger partial charge is 0.190 e. The van der Waals surface area contributed by atoms with Gasteiger partial charge < -0.3 is 16.2 Å². The molecule has 0 fully saturated rings. The Morgan fingerprint density at radius 2 is 2.14 bits per heavy atom. The van der Waals surface area contributed by atoms with Crippen LogP contribution >= 0.6 is 35.3 Å². The number of aliphatic hydroxyl groups excluding tert-OH is 1. The lowest BCUT2D eigenvalue weighted by Crippen LogP contribution is -2.45. The van der Waals surface area contributed by atoms with Crippen LogP contribution in [0.5, 0.6) is 0 Å². The molecule has 0 radical (unpaired) electrons. The Morgan fingerprint density at radius 3 is 2.62 bits per heavy atom. The topological polar surface area (TPSA) is 105 Å². The van der Waals surface area contributed by atoms with Crippen LogP contribution in [0.1, 0.15) is 20.8 Å². The van der Waals surface area contributed by atoms with Crippen molar-refractivity contribution in [3.8, 4) is 0 Å². The van der Waals surface area contributed by atoms with Gasteiger partial charge in [-0.1, -0.05) is 6.07 Å². The van der Waals surface area contributed by atoms with E-state index in [-0.39, 0.29) is 52.0 Å². The maximum Gasteiger partial charge on any atom is 0.190 e. The minimum absolute atomic E-state index is 0. The van der Waals surface area contributed by atoms with Crippen LogP contribution in [-0.4, -0.2) is 43.4 Å². The predicted octanol–water partition coefficient (Wildman–Crippen LogP) is 1.20. The molecule has 0 aliphatic carbocycles. The third-order valence-corrected chi connectivity index (χ3v) is 5.47. The lowest BCUT2D eigenvalue weighted by molar-refractivity contribution is 0.206. The summed E-state index contributed by atoms with van der Waals surface area (Å²) in [6, 6.07) is 3.18. The van der Waals surface area contributed by atoms with Gasteiger partial charge in [0.15, 0.2) is 15.8 Å². The van der Waals surface area contributed by atoms with Gasteiger partial charge in [-0.2, -0.15) is 0 Å².